The number of halogens is 1. The van der Waals surface area contributed by atoms with Gasteiger partial charge in [-0.1, -0.05) is 35.5 Å². The molecule has 0 saturated carbocycles. The van der Waals surface area contributed by atoms with Gasteiger partial charge in [-0.05, 0) is 19.2 Å². The molecule has 0 spiro atoms. The Labute approximate surface area is 200 Å². The van der Waals surface area contributed by atoms with Crippen LogP contribution in [0.5, 0.6) is 0 Å². The minimum atomic E-state index is 0.163. The summed E-state index contributed by atoms with van der Waals surface area (Å²) in [7, 11) is 2.06. The van der Waals surface area contributed by atoms with E-state index in [9.17, 15) is 5.26 Å². The lowest BCUT2D eigenvalue weighted by Gasteiger charge is -2.35. The first kappa shape index (κ1) is 22.4. The van der Waals surface area contributed by atoms with Crippen molar-refractivity contribution in [3.63, 3.8) is 0 Å². The summed E-state index contributed by atoms with van der Waals surface area (Å²) in [5, 5.41) is 14.1. The van der Waals surface area contributed by atoms with E-state index in [0.717, 1.165) is 42.4 Å². The van der Waals surface area contributed by atoms with Gasteiger partial charge in [0.15, 0.2) is 0 Å². The van der Waals surface area contributed by atoms with Crippen LogP contribution in [0.25, 0.3) is 15.4 Å². The Morgan fingerprint density at radius 2 is 1.97 bits per heavy atom. The summed E-state index contributed by atoms with van der Waals surface area (Å²) >= 11 is 8.95. The maximum Gasteiger partial charge on any atom is 0.251 e. The van der Waals surface area contributed by atoms with Crippen molar-refractivity contribution in [2.45, 2.75) is 10.8 Å². The number of thiazole rings is 1. The van der Waals surface area contributed by atoms with Crippen LogP contribution in [0.3, 0.4) is 0 Å². The van der Waals surface area contributed by atoms with E-state index in [1.807, 2.05) is 29.6 Å². The molecular formula is C22H20ClN7S2. The van der Waals surface area contributed by atoms with Crippen LogP contribution in [0.1, 0.15) is 11.3 Å². The van der Waals surface area contributed by atoms with E-state index < -0.39 is 0 Å². The first-order chi connectivity index (χ1) is 15.5. The van der Waals surface area contributed by atoms with Gasteiger partial charge in [0.05, 0.1) is 23.5 Å². The molecule has 0 amide bonds. The third-order valence-electron chi connectivity index (χ3n) is 5.18. The molecule has 3 heterocycles. The number of pyridine rings is 1. The van der Waals surface area contributed by atoms with Crippen LogP contribution >= 0.6 is 34.7 Å². The van der Waals surface area contributed by atoms with E-state index in [1.165, 1.54) is 11.8 Å². The summed E-state index contributed by atoms with van der Waals surface area (Å²) in [6, 6.07) is 9.86. The number of nitrogen functional groups attached to an aromatic ring is 1. The predicted molar refractivity (Wildman–Crippen MR) is 131 cm³/mol. The molecule has 2 N–H and O–H groups in total. The van der Waals surface area contributed by atoms with Gasteiger partial charge in [0, 0.05) is 47.9 Å². The number of benzene rings is 1. The molecular weight excluding hydrogens is 462 g/mol. The van der Waals surface area contributed by atoms with Crippen LogP contribution in [0, 0.1) is 17.9 Å². The Morgan fingerprint density at radius 3 is 2.62 bits per heavy atom. The SMILES string of the molecule is [C-]#[N+]c1c(N)nc(SCc2csc(-c3ccc(Cl)cc3)n2)c(C#N)c1N1CCN(C)CC1. The first-order valence-electron chi connectivity index (χ1n) is 9.87. The number of thioether (sulfide) groups is 1. The van der Waals surface area contributed by atoms with Gasteiger partial charge in [-0.25, -0.2) is 14.8 Å². The fourth-order valence-electron chi connectivity index (χ4n) is 3.45. The topological polar surface area (TPSA) is 86.4 Å². The third kappa shape index (κ3) is 4.67. The lowest BCUT2D eigenvalue weighted by Crippen LogP contribution is -2.44. The van der Waals surface area contributed by atoms with E-state index in [2.05, 4.69) is 32.7 Å². The number of hydrogen-bond acceptors (Lipinski definition) is 8. The number of hydrogen-bond donors (Lipinski definition) is 1. The number of nitrogens with zero attached hydrogens (tertiary/aromatic N) is 6. The van der Waals surface area contributed by atoms with E-state index in [-0.39, 0.29) is 11.5 Å². The van der Waals surface area contributed by atoms with Crippen LogP contribution in [-0.2, 0) is 5.75 Å². The van der Waals surface area contributed by atoms with E-state index >= 15 is 0 Å². The molecule has 0 atom stereocenters. The van der Waals surface area contributed by atoms with Gasteiger partial charge in [-0.3, -0.25) is 0 Å². The Kier molecular flexibility index (Phi) is 6.83. The Bertz CT molecular complexity index is 1200. The van der Waals surface area contributed by atoms with Crippen molar-refractivity contribution >= 4 is 51.9 Å². The first-order valence-corrected chi connectivity index (χ1v) is 12.1. The van der Waals surface area contributed by atoms with Crippen molar-refractivity contribution in [2.75, 3.05) is 43.9 Å². The van der Waals surface area contributed by atoms with Crippen LogP contribution in [0.2, 0.25) is 5.02 Å². The van der Waals surface area contributed by atoms with Crippen LogP contribution < -0.4 is 10.6 Å². The van der Waals surface area contributed by atoms with Gasteiger partial charge in [0.1, 0.15) is 21.9 Å². The molecule has 1 aliphatic rings. The second kappa shape index (κ2) is 9.76. The molecule has 32 heavy (non-hydrogen) atoms. The second-order valence-corrected chi connectivity index (χ2v) is 9.59. The minimum absolute atomic E-state index is 0.163. The number of anilines is 2. The molecule has 7 nitrogen and oxygen atoms in total. The Balaban J connectivity index is 1.60. The van der Waals surface area contributed by atoms with Crippen LogP contribution in [0.4, 0.5) is 17.2 Å². The minimum Gasteiger partial charge on any atom is -0.392 e. The highest BCUT2D eigenvalue weighted by molar-refractivity contribution is 7.98. The van der Waals surface area contributed by atoms with Crippen LogP contribution in [-0.4, -0.2) is 48.1 Å². The Morgan fingerprint density at radius 1 is 1.25 bits per heavy atom. The molecule has 0 radical (unpaired) electrons. The molecule has 1 fully saturated rings. The molecule has 1 saturated heterocycles. The molecule has 0 unspecified atom stereocenters. The lowest BCUT2D eigenvalue weighted by atomic mass is 10.1. The molecule has 3 aromatic rings. The van der Waals surface area contributed by atoms with Crippen molar-refractivity contribution < 1.29 is 0 Å². The van der Waals surface area contributed by atoms with Crippen molar-refractivity contribution in [1.29, 1.82) is 5.26 Å². The van der Waals surface area contributed by atoms with Crippen molar-refractivity contribution in [1.82, 2.24) is 14.9 Å². The van der Waals surface area contributed by atoms with Gasteiger partial charge < -0.3 is 15.5 Å². The zero-order chi connectivity index (χ0) is 22.7. The number of likely N-dealkylation sites (N-methyl/N-ethyl adjacent to an activating group) is 1. The number of rotatable bonds is 5. The number of nitrogens with two attached hydrogens (primary N) is 1. The molecule has 1 aromatic carbocycles. The monoisotopic (exact) mass is 481 g/mol. The fourth-order valence-corrected chi connectivity index (χ4v) is 5.39. The number of aromatic nitrogens is 2. The molecule has 0 bridgehead atoms. The van der Waals surface area contributed by atoms with Crippen molar-refractivity contribution in [3.05, 3.63) is 57.3 Å². The average Bonchev–Trinajstić information content (AvgIpc) is 3.27. The summed E-state index contributed by atoms with van der Waals surface area (Å²) < 4.78 is 0. The smallest absolute Gasteiger partial charge is 0.251 e. The van der Waals surface area contributed by atoms with Crippen LogP contribution in [0.15, 0.2) is 34.7 Å². The zero-order valence-corrected chi connectivity index (χ0v) is 19.8. The van der Waals surface area contributed by atoms with Gasteiger partial charge >= 0.3 is 0 Å². The third-order valence-corrected chi connectivity index (χ3v) is 7.38. The molecule has 162 valence electrons. The van der Waals surface area contributed by atoms with Crippen molar-refractivity contribution in [3.8, 4) is 16.6 Å². The van der Waals surface area contributed by atoms with Gasteiger partial charge in [0.2, 0.25) is 0 Å². The van der Waals surface area contributed by atoms with Crippen molar-refractivity contribution in [2.24, 2.45) is 0 Å². The summed E-state index contributed by atoms with van der Waals surface area (Å²) in [5.74, 6) is 0.709. The second-order valence-electron chi connectivity index (χ2n) is 7.33. The number of nitriles is 1. The normalized spacial score (nSPS) is 14.2. The molecule has 0 aliphatic carbocycles. The maximum atomic E-state index is 9.96. The summed E-state index contributed by atoms with van der Waals surface area (Å²) in [6.07, 6.45) is 0. The Hall–Kier alpha value is -2.82. The summed E-state index contributed by atoms with van der Waals surface area (Å²) in [5.41, 5.74) is 9.32. The quantitative estimate of drug-likeness (QED) is 0.409. The molecule has 4 rings (SSSR count). The highest BCUT2D eigenvalue weighted by atomic mass is 35.5. The standard InChI is InChI=1S/C22H20ClN7S2/c1-26-18-19(30-9-7-29(2)8-10-30)17(11-24)22(28-20(18)25)32-13-16-12-31-21(27-16)14-3-5-15(23)6-4-14/h3-6,12H,7-10,13H2,2H3,(H2,25,28). The van der Waals surface area contributed by atoms with Gasteiger partial charge in [-0.2, -0.15) is 5.26 Å². The van der Waals surface area contributed by atoms with Gasteiger partial charge in [-0.15, -0.1) is 11.3 Å². The molecule has 2 aromatic heterocycles. The molecule has 10 heteroatoms. The lowest BCUT2D eigenvalue weighted by molar-refractivity contribution is 0.313. The van der Waals surface area contributed by atoms with E-state index in [4.69, 9.17) is 28.9 Å². The van der Waals surface area contributed by atoms with Gasteiger partial charge in [0.25, 0.3) is 5.69 Å². The van der Waals surface area contributed by atoms with E-state index in [1.54, 1.807) is 11.3 Å². The number of piperazine rings is 1. The largest absolute Gasteiger partial charge is 0.392 e. The summed E-state index contributed by atoms with van der Waals surface area (Å²) in [6.45, 7) is 10.8. The van der Waals surface area contributed by atoms with E-state index in [0.29, 0.717) is 27.1 Å². The predicted octanol–water partition coefficient (Wildman–Crippen LogP) is 4.91. The summed E-state index contributed by atoms with van der Waals surface area (Å²) in [4.78, 5) is 17.0. The average molecular weight is 482 g/mol. The highest BCUT2D eigenvalue weighted by Gasteiger charge is 2.26. The molecule has 1 aliphatic heterocycles. The highest BCUT2D eigenvalue weighted by Crippen LogP contribution is 2.42. The maximum absolute atomic E-state index is 9.96. The zero-order valence-electron chi connectivity index (χ0n) is 17.4. The fraction of sp³-hybridized carbons (Fsp3) is 0.273.